The van der Waals surface area contributed by atoms with Crippen LogP contribution in [-0.2, 0) is 6.54 Å². The summed E-state index contributed by atoms with van der Waals surface area (Å²) in [6.45, 7) is 2.65. The van der Waals surface area contributed by atoms with Crippen molar-refractivity contribution in [2.45, 2.75) is 19.9 Å². The molecule has 0 unspecified atom stereocenters. The summed E-state index contributed by atoms with van der Waals surface area (Å²) in [6.07, 6.45) is 0.761. The number of rotatable bonds is 7. The molecule has 2 aromatic heterocycles. The molecule has 2 aromatic carbocycles. The van der Waals surface area contributed by atoms with Crippen molar-refractivity contribution in [3.8, 4) is 22.7 Å². The van der Waals surface area contributed by atoms with Crippen LogP contribution in [0.4, 0.5) is 0 Å². The SMILES string of the molecule is CCCN(Cc1nnc(-c2ccccc2Cl)o1)C(=O)c1cc(-c2ccccc2)no1. The van der Waals surface area contributed by atoms with Gasteiger partial charge in [-0.2, -0.15) is 0 Å². The standard InChI is InChI=1S/C22H19ClN4O3/c1-2-12-27(14-20-24-25-21(29-20)16-10-6-7-11-17(16)23)22(28)19-13-18(26-30-19)15-8-4-3-5-9-15/h3-11,13H,2,12,14H2,1H3. The number of carbonyl (C=O) groups is 1. The van der Waals surface area contributed by atoms with E-state index in [0.29, 0.717) is 34.6 Å². The molecule has 4 aromatic rings. The van der Waals surface area contributed by atoms with Crippen molar-refractivity contribution in [2.75, 3.05) is 6.54 Å². The molecule has 7 nitrogen and oxygen atoms in total. The minimum Gasteiger partial charge on any atom is -0.419 e. The first kappa shape index (κ1) is 19.8. The highest BCUT2D eigenvalue weighted by atomic mass is 35.5. The second-order valence-electron chi connectivity index (χ2n) is 6.65. The van der Waals surface area contributed by atoms with Gasteiger partial charge in [0.05, 0.1) is 17.1 Å². The van der Waals surface area contributed by atoms with E-state index in [2.05, 4.69) is 15.4 Å². The van der Waals surface area contributed by atoms with E-state index in [1.807, 2.05) is 49.4 Å². The lowest BCUT2D eigenvalue weighted by Gasteiger charge is -2.18. The molecule has 0 radical (unpaired) electrons. The summed E-state index contributed by atoms with van der Waals surface area (Å²) in [4.78, 5) is 14.6. The zero-order chi connectivity index (χ0) is 20.9. The van der Waals surface area contributed by atoms with Crippen molar-refractivity contribution in [3.63, 3.8) is 0 Å². The number of aromatic nitrogens is 3. The minimum atomic E-state index is -0.288. The number of amides is 1. The van der Waals surface area contributed by atoms with Gasteiger partial charge in [0.1, 0.15) is 5.69 Å². The Labute approximate surface area is 178 Å². The van der Waals surface area contributed by atoms with E-state index < -0.39 is 0 Å². The normalized spacial score (nSPS) is 10.9. The molecule has 0 fully saturated rings. The Bertz CT molecular complexity index is 1140. The monoisotopic (exact) mass is 422 g/mol. The highest BCUT2D eigenvalue weighted by molar-refractivity contribution is 6.33. The maximum absolute atomic E-state index is 13.0. The lowest BCUT2D eigenvalue weighted by atomic mass is 10.1. The zero-order valence-electron chi connectivity index (χ0n) is 16.3. The molecule has 0 aliphatic heterocycles. The second-order valence-corrected chi connectivity index (χ2v) is 7.06. The zero-order valence-corrected chi connectivity index (χ0v) is 17.0. The molecule has 0 atom stereocenters. The Balaban J connectivity index is 1.53. The number of hydrogen-bond donors (Lipinski definition) is 0. The highest BCUT2D eigenvalue weighted by Gasteiger charge is 2.23. The maximum atomic E-state index is 13.0. The van der Waals surface area contributed by atoms with E-state index in [1.54, 1.807) is 23.1 Å². The first-order chi connectivity index (χ1) is 14.7. The van der Waals surface area contributed by atoms with Gasteiger partial charge in [0.15, 0.2) is 0 Å². The van der Waals surface area contributed by atoms with Crippen molar-refractivity contribution >= 4 is 17.5 Å². The maximum Gasteiger partial charge on any atom is 0.292 e. The van der Waals surface area contributed by atoms with E-state index in [0.717, 1.165) is 12.0 Å². The third-order valence-corrected chi connectivity index (χ3v) is 4.80. The van der Waals surface area contributed by atoms with Crippen molar-refractivity contribution < 1.29 is 13.7 Å². The van der Waals surface area contributed by atoms with Crippen molar-refractivity contribution in [3.05, 3.63) is 77.3 Å². The average molecular weight is 423 g/mol. The molecule has 1 amide bonds. The Morgan fingerprint density at radius 3 is 2.60 bits per heavy atom. The van der Waals surface area contributed by atoms with Crippen LogP contribution in [0.25, 0.3) is 22.7 Å². The van der Waals surface area contributed by atoms with Gasteiger partial charge in [-0.3, -0.25) is 4.79 Å². The highest BCUT2D eigenvalue weighted by Crippen LogP contribution is 2.27. The van der Waals surface area contributed by atoms with Crippen LogP contribution in [0.3, 0.4) is 0 Å². The molecule has 0 bridgehead atoms. The molecule has 152 valence electrons. The first-order valence-electron chi connectivity index (χ1n) is 9.54. The van der Waals surface area contributed by atoms with Gasteiger partial charge >= 0.3 is 0 Å². The van der Waals surface area contributed by atoms with Crippen LogP contribution < -0.4 is 0 Å². The molecule has 0 saturated carbocycles. The Hall–Kier alpha value is -3.45. The lowest BCUT2D eigenvalue weighted by Crippen LogP contribution is -2.31. The number of nitrogens with zero attached hydrogens (tertiary/aromatic N) is 4. The average Bonchev–Trinajstić information content (AvgIpc) is 3.44. The summed E-state index contributed by atoms with van der Waals surface area (Å²) in [5.41, 5.74) is 2.13. The topological polar surface area (TPSA) is 85.3 Å². The van der Waals surface area contributed by atoms with E-state index in [9.17, 15) is 4.79 Å². The predicted molar refractivity (Wildman–Crippen MR) is 112 cm³/mol. The van der Waals surface area contributed by atoms with Crippen LogP contribution in [0.1, 0.15) is 29.8 Å². The molecule has 2 heterocycles. The third kappa shape index (κ3) is 4.26. The molecule has 8 heteroatoms. The molecular formula is C22H19ClN4O3. The summed E-state index contributed by atoms with van der Waals surface area (Å²) in [6, 6.07) is 18.4. The van der Waals surface area contributed by atoms with Gasteiger partial charge in [0, 0.05) is 18.2 Å². The molecule has 0 aliphatic rings. The van der Waals surface area contributed by atoms with Gasteiger partial charge in [-0.15, -0.1) is 10.2 Å². The minimum absolute atomic E-state index is 0.158. The van der Waals surface area contributed by atoms with E-state index >= 15 is 0 Å². The van der Waals surface area contributed by atoms with Gasteiger partial charge < -0.3 is 13.8 Å². The summed E-state index contributed by atoms with van der Waals surface area (Å²) in [5, 5.41) is 12.7. The summed E-state index contributed by atoms with van der Waals surface area (Å²) in [7, 11) is 0. The van der Waals surface area contributed by atoms with Gasteiger partial charge in [-0.05, 0) is 18.6 Å². The molecule has 0 spiro atoms. The third-order valence-electron chi connectivity index (χ3n) is 4.47. The fourth-order valence-corrected chi connectivity index (χ4v) is 3.24. The van der Waals surface area contributed by atoms with Gasteiger partial charge in [0.25, 0.3) is 5.91 Å². The molecule has 30 heavy (non-hydrogen) atoms. The summed E-state index contributed by atoms with van der Waals surface area (Å²) < 4.78 is 11.1. The molecule has 0 saturated heterocycles. The lowest BCUT2D eigenvalue weighted by molar-refractivity contribution is 0.0686. The predicted octanol–water partition coefficient (Wildman–Crippen LogP) is 5.10. The molecule has 0 N–H and O–H groups in total. The smallest absolute Gasteiger partial charge is 0.292 e. The fourth-order valence-electron chi connectivity index (χ4n) is 3.02. The van der Waals surface area contributed by atoms with Crippen LogP contribution in [-0.4, -0.2) is 32.7 Å². The van der Waals surface area contributed by atoms with E-state index in [-0.39, 0.29) is 18.2 Å². The van der Waals surface area contributed by atoms with Crippen molar-refractivity contribution in [1.82, 2.24) is 20.3 Å². The van der Waals surface area contributed by atoms with Crippen molar-refractivity contribution in [2.24, 2.45) is 0 Å². The van der Waals surface area contributed by atoms with Crippen LogP contribution >= 0.6 is 11.6 Å². The summed E-state index contributed by atoms with van der Waals surface area (Å²) >= 11 is 6.20. The Morgan fingerprint density at radius 2 is 1.83 bits per heavy atom. The molecule has 4 rings (SSSR count). The largest absolute Gasteiger partial charge is 0.419 e. The molecular weight excluding hydrogens is 404 g/mol. The first-order valence-corrected chi connectivity index (χ1v) is 9.92. The number of carbonyl (C=O) groups excluding carboxylic acids is 1. The fraction of sp³-hybridized carbons (Fsp3) is 0.182. The van der Waals surface area contributed by atoms with Crippen molar-refractivity contribution in [1.29, 1.82) is 0 Å². The van der Waals surface area contributed by atoms with Crippen LogP contribution in [0, 0.1) is 0 Å². The van der Waals surface area contributed by atoms with Crippen LogP contribution in [0.5, 0.6) is 0 Å². The number of benzene rings is 2. The van der Waals surface area contributed by atoms with Crippen LogP contribution in [0.15, 0.2) is 69.6 Å². The number of hydrogen-bond acceptors (Lipinski definition) is 6. The number of halogens is 1. The van der Waals surface area contributed by atoms with Crippen LogP contribution in [0.2, 0.25) is 5.02 Å². The quantitative estimate of drug-likeness (QED) is 0.412. The van der Waals surface area contributed by atoms with Gasteiger partial charge in [-0.1, -0.05) is 66.1 Å². The van der Waals surface area contributed by atoms with Gasteiger partial charge in [-0.25, -0.2) is 0 Å². The Kier molecular flexibility index (Phi) is 5.90. The Morgan fingerprint density at radius 1 is 1.07 bits per heavy atom. The van der Waals surface area contributed by atoms with E-state index in [4.69, 9.17) is 20.5 Å². The van der Waals surface area contributed by atoms with E-state index in [1.165, 1.54) is 0 Å². The summed E-state index contributed by atoms with van der Waals surface area (Å²) in [5.74, 6) is 0.497. The van der Waals surface area contributed by atoms with Gasteiger partial charge in [0.2, 0.25) is 17.5 Å². The second kappa shape index (κ2) is 8.92. The molecule has 0 aliphatic carbocycles.